The van der Waals surface area contributed by atoms with Crippen molar-refractivity contribution in [2.75, 3.05) is 0 Å². The molecule has 1 saturated carbocycles. The maximum Gasteiger partial charge on any atom is 0.236 e. The van der Waals surface area contributed by atoms with Crippen LogP contribution in [0.4, 0.5) is 0 Å². The molecule has 6 atom stereocenters. The molecule has 6 heteroatoms. The van der Waals surface area contributed by atoms with Gasteiger partial charge in [0, 0.05) is 29.3 Å². The van der Waals surface area contributed by atoms with E-state index in [0.29, 0.717) is 11.8 Å². The number of hydrogen-bond acceptors (Lipinski definition) is 6. The van der Waals surface area contributed by atoms with E-state index in [1.165, 1.54) is 12.0 Å². The average molecular weight is 363 g/mol. The Morgan fingerprint density at radius 3 is 2.80 bits per heavy atom. The van der Waals surface area contributed by atoms with Crippen LogP contribution in [0.1, 0.15) is 57.2 Å². The van der Waals surface area contributed by atoms with E-state index in [0.717, 1.165) is 35.7 Å². The van der Waals surface area contributed by atoms with Gasteiger partial charge in [0.15, 0.2) is 16.4 Å². The van der Waals surface area contributed by atoms with E-state index in [-0.39, 0.29) is 5.92 Å². The lowest BCUT2D eigenvalue weighted by Crippen LogP contribution is -2.66. The normalized spacial score (nSPS) is 45.8. The van der Waals surface area contributed by atoms with Gasteiger partial charge >= 0.3 is 0 Å². The molecule has 0 amide bonds. The smallest absolute Gasteiger partial charge is 0.236 e. The molecule has 5 nitrogen and oxygen atoms in total. The lowest BCUT2D eigenvalue weighted by molar-refractivity contribution is -0.553. The highest BCUT2D eigenvalue weighted by Gasteiger charge is 2.68. The number of hydrogen-bond donors (Lipinski definition) is 0. The Morgan fingerprint density at radius 1 is 1.20 bits per heavy atom. The van der Waals surface area contributed by atoms with Gasteiger partial charge in [-0.3, -0.25) is 0 Å². The Balaban J connectivity index is 1.66. The largest absolute Gasteiger partial charge is 0.458 e. The van der Waals surface area contributed by atoms with E-state index in [4.69, 9.17) is 19.2 Å². The molecule has 3 saturated heterocycles. The third-order valence-electron chi connectivity index (χ3n) is 6.64. The molecular formula is C19H25NO4S. The molecule has 1 spiro atoms. The van der Waals surface area contributed by atoms with Gasteiger partial charge in [0.2, 0.25) is 12.1 Å². The number of thiazole rings is 1. The third kappa shape index (κ3) is 2.14. The van der Waals surface area contributed by atoms with Crippen LogP contribution in [0.15, 0.2) is 11.0 Å². The minimum absolute atomic E-state index is 0.245. The molecule has 136 valence electrons. The van der Waals surface area contributed by atoms with Gasteiger partial charge < -0.3 is 9.47 Å². The van der Waals surface area contributed by atoms with Gasteiger partial charge in [-0.05, 0) is 51.5 Å². The number of ether oxygens (including phenoxy) is 2. The summed E-state index contributed by atoms with van der Waals surface area (Å²) in [6, 6.07) is 0. The number of aryl methyl sites for hydroxylation is 1. The fourth-order valence-electron chi connectivity index (χ4n) is 5.29. The van der Waals surface area contributed by atoms with Crippen molar-refractivity contribution in [3.63, 3.8) is 0 Å². The molecule has 6 rings (SSSR count). The quantitative estimate of drug-likeness (QED) is 0.691. The summed E-state index contributed by atoms with van der Waals surface area (Å²) in [6.07, 6.45) is 3.72. The molecule has 2 bridgehead atoms. The summed E-state index contributed by atoms with van der Waals surface area (Å²) in [6.45, 7) is 8.46. The predicted molar refractivity (Wildman–Crippen MR) is 93.3 cm³/mol. The molecule has 1 aromatic rings. The summed E-state index contributed by atoms with van der Waals surface area (Å²) in [4.78, 5) is 16.6. The Bertz CT molecular complexity index is 746. The first-order valence-electron chi connectivity index (χ1n) is 9.27. The van der Waals surface area contributed by atoms with Crippen LogP contribution in [0.5, 0.6) is 0 Å². The van der Waals surface area contributed by atoms with Crippen molar-refractivity contribution in [1.29, 1.82) is 0 Å². The van der Waals surface area contributed by atoms with Crippen molar-refractivity contribution in [2.24, 2.45) is 17.8 Å². The first kappa shape index (κ1) is 16.2. The van der Waals surface area contributed by atoms with Gasteiger partial charge in [-0.15, -0.1) is 11.3 Å². The number of fused-ring (bicyclic) bond motifs is 2. The number of nitrogens with zero attached hydrogens (tertiary/aromatic N) is 1. The van der Waals surface area contributed by atoms with Gasteiger partial charge in [-0.25, -0.2) is 14.8 Å². The predicted octanol–water partition coefficient (Wildman–Crippen LogP) is 4.43. The van der Waals surface area contributed by atoms with Gasteiger partial charge in [-0.2, -0.15) is 0 Å². The molecule has 4 fully saturated rings. The summed E-state index contributed by atoms with van der Waals surface area (Å²) < 4.78 is 12.8. The van der Waals surface area contributed by atoms with Crippen molar-refractivity contribution >= 4 is 17.1 Å². The minimum Gasteiger partial charge on any atom is -0.458 e. The van der Waals surface area contributed by atoms with Gasteiger partial charge in [0.1, 0.15) is 0 Å². The van der Waals surface area contributed by atoms with Crippen molar-refractivity contribution in [2.45, 2.75) is 71.1 Å². The highest BCUT2D eigenvalue weighted by Crippen LogP contribution is 2.60. The molecule has 25 heavy (non-hydrogen) atoms. The highest BCUT2D eigenvalue weighted by molar-refractivity contribution is 7.10. The van der Waals surface area contributed by atoms with E-state index in [1.54, 1.807) is 11.3 Å². The van der Waals surface area contributed by atoms with Crippen molar-refractivity contribution in [1.82, 2.24) is 4.98 Å². The molecule has 0 N–H and O–H groups in total. The molecule has 5 aliphatic rings. The first-order valence-corrected chi connectivity index (χ1v) is 10.2. The molecule has 0 radical (unpaired) electrons. The number of rotatable bonds is 1. The van der Waals surface area contributed by atoms with Crippen LogP contribution >= 0.6 is 11.3 Å². The SMILES string of the molecule is CC1=C(c2nc(C)cs2)OC2OC3(C)CC[C@H]4[C@H](C)CC[C@@H]1[C@@]24OO3. The molecule has 1 aromatic heterocycles. The second-order valence-corrected chi connectivity index (χ2v) is 9.14. The van der Waals surface area contributed by atoms with Crippen molar-refractivity contribution in [3.8, 4) is 0 Å². The fourth-order valence-corrected chi connectivity index (χ4v) is 6.14. The summed E-state index contributed by atoms with van der Waals surface area (Å²) in [5.41, 5.74) is 1.71. The van der Waals surface area contributed by atoms with Crippen molar-refractivity contribution < 1.29 is 19.2 Å². The molecule has 5 heterocycles. The Kier molecular flexibility index (Phi) is 3.43. The standard InChI is InChI=1S/C19H25NO4S/c1-10-5-6-14-12(3)15(16-20-11(2)9-25-16)21-17-19(14)13(10)7-8-18(4,22-17)23-24-19/h9-10,13-14,17H,5-8H2,1-4H3/t10-,13+,14+,17?,18?,19-/m1/s1. The van der Waals surface area contributed by atoms with E-state index >= 15 is 0 Å². The summed E-state index contributed by atoms with van der Waals surface area (Å²) in [5, 5.41) is 3.01. The zero-order chi connectivity index (χ0) is 17.4. The van der Waals surface area contributed by atoms with Crippen LogP contribution in [-0.4, -0.2) is 22.7 Å². The van der Waals surface area contributed by atoms with Crippen LogP contribution in [0, 0.1) is 24.7 Å². The summed E-state index contributed by atoms with van der Waals surface area (Å²) in [5.74, 6) is 1.36. The lowest BCUT2D eigenvalue weighted by atomic mass is 9.59. The van der Waals surface area contributed by atoms with Crippen molar-refractivity contribution in [3.05, 3.63) is 21.7 Å². The maximum absolute atomic E-state index is 6.46. The first-order chi connectivity index (χ1) is 11.9. The molecule has 4 aliphatic heterocycles. The Morgan fingerprint density at radius 2 is 2.04 bits per heavy atom. The second-order valence-electron chi connectivity index (χ2n) is 8.28. The lowest BCUT2D eigenvalue weighted by Gasteiger charge is -2.57. The molecule has 2 unspecified atom stereocenters. The monoisotopic (exact) mass is 363 g/mol. The van der Waals surface area contributed by atoms with E-state index in [2.05, 4.69) is 24.2 Å². The zero-order valence-electron chi connectivity index (χ0n) is 15.2. The number of aromatic nitrogens is 1. The molecule has 1 aliphatic carbocycles. The van der Waals surface area contributed by atoms with Crippen LogP contribution in [0.3, 0.4) is 0 Å². The van der Waals surface area contributed by atoms with Gasteiger partial charge in [0.25, 0.3) is 0 Å². The Hall–Kier alpha value is -0.950. The molecule has 0 aromatic carbocycles. The molecular weight excluding hydrogens is 338 g/mol. The fraction of sp³-hybridized carbons (Fsp3) is 0.737. The van der Waals surface area contributed by atoms with Crippen LogP contribution in [0.25, 0.3) is 5.76 Å². The highest BCUT2D eigenvalue weighted by atomic mass is 32.1. The Labute approximate surface area is 152 Å². The minimum atomic E-state index is -0.729. The van der Waals surface area contributed by atoms with E-state index in [9.17, 15) is 0 Å². The summed E-state index contributed by atoms with van der Waals surface area (Å²) >= 11 is 1.63. The average Bonchev–Trinajstić information content (AvgIpc) is 2.88. The third-order valence-corrected chi connectivity index (χ3v) is 7.60. The van der Waals surface area contributed by atoms with Crippen LogP contribution < -0.4 is 0 Å². The maximum atomic E-state index is 6.46. The van der Waals surface area contributed by atoms with Crippen LogP contribution in [-0.2, 0) is 19.2 Å². The van der Waals surface area contributed by atoms with Gasteiger partial charge in [-0.1, -0.05) is 6.92 Å². The van der Waals surface area contributed by atoms with Crippen LogP contribution in [0.2, 0.25) is 0 Å². The van der Waals surface area contributed by atoms with E-state index < -0.39 is 17.7 Å². The summed E-state index contributed by atoms with van der Waals surface area (Å²) in [7, 11) is 0. The second kappa shape index (κ2) is 5.28. The van der Waals surface area contributed by atoms with E-state index in [1.807, 2.05) is 13.8 Å². The zero-order valence-corrected chi connectivity index (χ0v) is 16.0. The van der Waals surface area contributed by atoms with Gasteiger partial charge in [0.05, 0.1) is 0 Å². The topological polar surface area (TPSA) is 49.8 Å².